The van der Waals surface area contributed by atoms with E-state index in [1.54, 1.807) is 41.5 Å². The van der Waals surface area contributed by atoms with Crippen molar-refractivity contribution in [2.75, 3.05) is 0 Å². The molecule has 5 heteroatoms. The molecule has 0 aromatic carbocycles. The van der Waals surface area contributed by atoms with Gasteiger partial charge in [0.2, 0.25) is 0 Å². The standard InChI is InChI=1S/C12H19BrO4/c1-11(2,3)16-9(14)7-8(13)10(15)17-12(4,5)6/h7H,1-6H3/b8-7+. The quantitative estimate of drug-likeness (QED) is 0.581. The van der Waals surface area contributed by atoms with E-state index in [1.807, 2.05) is 0 Å². The normalized spacial score (nSPS) is 13.2. The fraction of sp³-hybridized carbons (Fsp3) is 0.667. The molecule has 0 unspecified atom stereocenters. The number of esters is 2. The Balaban J connectivity index is 4.55. The van der Waals surface area contributed by atoms with E-state index in [1.165, 1.54) is 0 Å². The summed E-state index contributed by atoms with van der Waals surface area (Å²) in [6.07, 6.45) is 1.07. The first-order valence-corrected chi connectivity index (χ1v) is 6.03. The van der Waals surface area contributed by atoms with Gasteiger partial charge in [-0.05, 0) is 57.5 Å². The molecule has 0 aliphatic carbocycles. The first-order valence-electron chi connectivity index (χ1n) is 5.24. The first-order chi connectivity index (χ1) is 7.41. The van der Waals surface area contributed by atoms with Gasteiger partial charge in [-0.2, -0.15) is 0 Å². The van der Waals surface area contributed by atoms with E-state index in [-0.39, 0.29) is 4.48 Å². The van der Waals surface area contributed by atoms with Crippen molar-refractivity contribution in [3.8, 4) is 0 Å². The van der Waals surface area contributed by atoms with Crippen LogP contribution in [0.1, 0.15) is 41.5 Å². The third-order valence-corrected chi connectivity index (χ3v) is 1.80. The lowest BCUT2D eigenvalue weighted by molar-refractivity contribution is -0.151. The highest BCUT2D eigenvalue weighted by molar-refractivity contribution is 9.12. The van der Waals surface area contributed by atoms with E-state index in [2.05, 4.69) is 15.9 Å². The van der Waals surface area contributed by atoms with Gasteiger partial charge in [0, 0.05) is 6.08 Å². The zero-order chi connectivity index (χ0) is 13.9. The number of hydrogen-bond donors (Lipinski definition) is 0. The van der Waals surface area contributed by atoms with Crippen LogP contribution in [0, 0.1) is 0 Å². The Bertz CT molecular complexity index is 331. The maximum Gasteiger partial charge on any atom is 0.346 e. The number of rotatable bonds is 2. The molecule has 0 aromatic heterocycles. The van der Waals surface area contributed by atoms with E-state index >= 15 is 0 Å². The molecule has 0 amide bonds. The molecule has 0 bridgehead atoms. The summed E-state index contributed by atoms with van der Waals surface area (Å²) in [5.41, 5.74) is -1.19. The average Bonchev–Trinajstić information content (AvgIpc) is 1.95. The Morgan fingerprint density at radius 3 is 1.71 bits per heavy atom. The number of carbonyl (C=O) groups is 2. The van der Waals surface area contributed by atoms with Crippen LogP contribution >= 0.6 is 15.9 Å². The van der Waals surface area contributed by atoms with Gasteiger partial charge in [-0.25, -0.2) is 9.59 Å². The Hall–Kier alpha value is -0.840. The van der Waals surface area contributed by atoms with Crippen LogP contribution < -0.4 is 0 Å². The van der Waals surface area contributed by atoms with Crippen LogP contribution in [-0.4, -0.2) is 23.1 Å². The molecule has 0 saturated heterocycles. The van der Waals surface area contributed by atoms with Crippen molar-refractivity contribution < 1.29 is 19.1 Å². The van der Waals surface area contributed by atoms with Gasteiger partial charge in [0.25, 0.3) is 0 Å². The minimum atomic E-state index is -0.599. The molecule has 4 nitrogen and oxygen atoms in total. The van der Waals surface area contributed by atoms with Crippen LogP contribution in [0.25, 0.3) is 0 Å². The van der Waals surface area contributed by atoms with E-state index < -0.39 is 23.1 Å². The Labute approximate surface area is 110 Å². The molecule has 0 saturated carbocycles. The molecule has 0 atom stereocenters. The van der Waals surface area contributed by atoms with Gasteiger partial charge in [-0.1, -0.05) is 0 Å². The lowest BCUT2D eigenvalue weighted by Crippen LogP contribution is -2.25. The van der Waals surface area contributed by atoms with E-state index in [0.717, 1.165) is 6.08 Å². The lowest BCUT2D eigenvalue weighted by Gasteiger charge is -2.20. The molecule has 0 rings (SSSR count). The minimum Gasteiger partial charge on any atom is -0.457 e. The van der Waals surface area contributed by atoms with Crippen molar-refractivity contribution >= 4 is 27.9 Å². The van der Waals surface area contributed by atoms with Crippen molar-refractivity contribution in [2.24, 2.45) is 0 Å². The van der Waals surface area contributed by atoms with Crippen LogP contribution in [0.5, 0.6) is 0 Å². The Morgan fingerprint density at radius 1 is 0.941 bits per heavy atom. The van der Waals surface area contributed by atoms with Crippen molar-refractivity contribution in [1.29, 1.82) is 0 Å². The second-order valence-electron chi connectivity index (χ2n) is 5.53. The molecule has 0 N–H and O–H groups in total. The smallest absolute Gasteiger partial charge is 0.346 e. The van der Waals surface area contributed by atoms with Crippen LogP contribution in [0.15, 0.2) is 10.6 Å². The number of hydrogen-bond acceptors (Lipinski definition) is 4. The van der Waals surface area contributed by atoms with Gasteiger partial charge in [0.15, 0.2) is 0 Å². The predicted molar refractivity (Wildman–Crippen MR) is 68.7 cm³/mol. The first kappa shape index (κ1) is 16.2. The van der Waals surface area contributed by atoms with Crippen LogP contribution in [0.3, 0.4) is 0 Å². The van der Waals surface area contributed by atoms with Crippen LogP contribution in [0.2, 0.25) is 0 Å². The lowest BCUT2D eigenvalue weighted by atomic mass is 10.2. The summed E-state index contributed by atoms with van der Waals surface area (Å²) in [6, 6.07) is 0. The van der Waals surface area contributed by atoms with E-state index in [9.17, 15) is 9.59 Å². The van der Waals surface area contributed by atoms with Crippen molar-refractivity contribution in [3.63, 3.8) is 0 Å². The highest BCUT2D eigenvalue weighted by Crippen LogP contribution is 2.16. The molecule has 0 radical (unpaired) electrons. The second kappa shape index (κ2) is 5.67. The van der Waals surface area contributed by atoms with Gasteiger partial charge in [-0.3, -0.25) is 0 Å². The Morgan fingerprint density at radius 2 is 1.35 bits per heavy atom. The third kappa shape index (κ3) is 8.92. The summed E-state index contributed by atoms with van der Waals surface area (Å²) in [4.78, 5) is 22.9. The fourth-order valence-electron chi connectivity index (χ4n) is 0.820. The highest BCUT2D eigenvalue weighted by Gasteiger charge is 2.21. The van der Waals surface area contributed by atoms with Gasteiger partial charge < -0.3 is 9.47 Å². The van der Waals surface area contributed by atoms with Gasteiger partial charge >= 0.3 is 11.9 Å². The van der Waals surface area contributed by atoms with E-state index in [0.29, 0.717) is 0 Å². The summed E-state index contributed by atoms with van der Waals surface area (Å²) >= 11 is 2.99. The molecule has 0 fully saturated rings. The summed E-state index contributed by atoms with van der Waals surface area (Å²) in [7, 11) is 0. The molecule has 0 aliphatic rings. The van der Waals surface area contributed by atoms with Crippen LogP contribution in [-0.2, 0) is 19.1 Å². The van der Waals surface area contributed by atoms with Gasteiger partial charge in [-0.15, -0.1) is 0 Å². The number of ether oxygens (including phenoxy) is 2. The van der Waals surface area contributed by atoms with Crippen molar-refractivity contribution in [3.05, 3.63) is 10.6 Å². The fourth-order valence-corrected chi connectivity index (χ4v) is 1.09. The minimum absolute atomic E-state index is 0.0432. The summed E-state index contributed by atoms with van der Waals surface area (Å²) in [5.74, 6) is -1.18. The predicted octanol–water partition coefficient (Wildman–Crippen LogP) is 2.95. The second-order valence-corrected chi connectivity index (χ2v) is 6.38. The molecule has 0 heterocycles. The summed E-state index contributed by atoms with van der Waals surface area (Å²) < 4.78 is 10.1. The van der Waals surface area contributed by atoms with Crippen molar-refractivity contribution in [2.45, 2.75) is 52.7 Å². The molecule has 17 heavy (non-hydrogen) atoms. The maximum absolute atomic E-state index is 11.5. The third-order valence-electron chi connectivity index (χ3n) is 1.25. The molecule has 98 valence electrons. The van der Waals surface area contributed by atoms with E-state index in [4.69, 9.17) is 9.47 Å². The van der Waals surface area contributed by atoms with Crippen LogP contribution in [0.4, 0.5) is 0 Å². The molecular weight excluding hydrogens is 288 g/mol. The zero-order valence-corrected chi connectivity index (χ0v) is 12.7. The number of halogens is 1. The molecular formula is C12H19BrO4. The molecule has 0 aliphatic heterocycles. The summed E-state index contributed by atoms with van der Waals surface area (Å²) in [5, 5.41) is 0. The SMILES string of the molecule is CC(C)(C)OC(=O)/C=C(/Br)C(=O)OC(C)(C)C. The highest BCUT2D eigenvalue weighted by atomic mass is 79.9. The monoisotopic (exact) mass is 306 g/mol. The zero-order valence-electron chi connectivity index (χ0n) is 11.1. The topological polar surface area (TPSA) is 52.6 Å². The van der Waals surface area contributed by atoms with Gasteiger partial charge in [0.1, 0.15) is 15.7 Å². The average molecular weight is 307 g/mol. The maximum atomic E-state index is 11.5. The largest absolute Gasteiger partial charge is 0.457 e. The summed E-state index contributed by atoms with van der Waals surface area (Å²) in [6.45, 7) is 10.5. The van der Waals surface area contributed by atoms with Gasteiger partial charge in [0.05, 0.1) is 0 Å². The van der Waals surface area contributed by atoms with Crippen molar-refractivity contribution in [1.82, 2.24) is 0 Å². The Kier molecular flexibility index (Phi) is 5.39. The molecule has 0 aromatic rings. The molecule has 0 spiro atoms. The number of carbonyl (C=O) groups excluding carboxylic acids is 2.